The second-order valence-electron chi connectivity index (χ2n) is 6.88. The van der Waals surface area contributed by atoms with E-state index in [4.69, 9.17) is 4.74 Å². The Hall–Kier alpha value is -0.910. The molecule has 1 N–H and O–H groups in total. The van der Waals surface area contributed by atoms with Crippen LogP contribution >= 0.6 is 11.3 Å². The maximum Gasteiger partial charge on any atom is 0.223 e. The summed E-state index contributed by atoms with van der Waals surface area (Å²) >= 11 is 1.81. The van der Waals surface area contributed by atoms with Gasteiger partial charge in [0.05, 0.1) is 12.7 Å². The van der Waals surface area contributed by atoms with E-state index < -0.39 is 0 Å². The molecule has 4 rings (SSSR count). The van der Waals surface area contributed by atoms with Gasteiger partial charge in [0.25, 0.3) is 0 Å². The van der Waals surface area contributed by atoms with E-state index in [1.165, 1.54) is 17.7 Å². The standard InChI is InChI=1S/C17H24N2O2S/c20-17(18-10-12-3-4-12)13-8-15-16(9-13)21-6-5-19(15)11-14-2-1-7-22-14/h1-2,7,12-13,15-16H,3-6,8-11H2,(H,18,20)/t13-,15+,16+/m1/s1. The van der Waals surface area contributed by atoms with Crippen LogP contribution in [0, 0.1) is 11.8 Å². The van der Waals surface area contributed by atoms with Crippen molar-refractivity contribution in [3.05, 3.63) is 22.4 Å². The van der Waals surface area contributed by atoms with Gasteiger partial charge in [-0.2, -0.15) is 0 Å². The first-order chi connectivity index (χ1) is 10.8. The number of morpholine rings is 1. The van der Waals surface area contributed by atoms with Crippen LogP contribution in [0.25, 0.3) is 0 Å². The van der Waals surface area contributed by atoms with Crippen molar-refractivity contribution in [2.75, 3.05) is 19.7 Å². The molecule has 3 fully saturated rings. The van der Waals surface area contributed by atoms with Gasteiger partial charge in [0.2, 0.25) is 5.91 Å². The number of hydrogen-bond acceptors (Lipinski definition) is 4. The molecule has 2 saturated carbocycles. The van der Waals surface area contributed by atoms with Crippen molar-refractivity contribution >= 4 is 17.2 Å². The summed E-state index contributed by atoms with van der Waals surface area (Å²) in [7, 11) is 0. The SMILES string of the molecule is O=C(NCC1CC1)[C@H]1C[C@@H]2OCCN(Cc3cccs3)[C@H]2C1. The maximum atomic E-state index is 12.4. The molecule has 0 unspecified atom stereocenters. The van der Waals surface area contributed by atoms with Crippen LogP contribution < -0.4 is 5.32 Å². The highest BCUT2D eigenvalue weighted by Crippen LogP contribution is 2.35. The number of nitrogens with zero attached hydrogens (tertiary/aromatic N) is 1. The Balaban J connectivity index is 1.36. The minimum Gasteiger partial charge on any atom is -0.375 e. The Kier molecular flexibility index (Phi) is 4.20. The first-order valence-corrected chi connectivity index (χ1v) is 9.33. The van der Waals surface area contributed by atoms with Gasteiger partial charge < -0.3 is 10.1 Å². The molecule has 2 aliphatic carbocycles. The van der Waals surface area contributed by atoms with E-state index in [9.17, 15) is 4.79 Å². The van der Waals surface area contributed by atoms with E-state index in [0.29, 0.717) is 6.04 Å². The Labute approximate surface area is 135 Å². The van der Waals surface area contributed by atoms with E-state index in [1.807, 2.05) is 11.3 Å². The van der Waals surface area contributed by atoms with Gasteiger partial charge in [-0.15, -0.1) is 11.3 Å². The molecule has 22 heavy (non-hydrogen) atoms. The Morgan fingerprint density at radius 1 is 1.41 bits per heavy atom. The van der Waals surface area contributed by atoms with Crippen molar-refractivity contribution in [2.45, 2.75) is 44.4 Å². The number of thiophene rings is 1. The lowest BCUT2D eigenvalue weighted by Crippen LogP contribution is -2.47. The molecule has 1 aromatic rings. The van der Waals surface area contributed by atoms with Crippen LogP contribution in [-0.4, -0.2) is 42.6 Å². The Morgan fingerprint density at radius 2 is 2.32 bits per heavy atom. The Morgan fingerprint density at radius 3 is 3.09 bits per heavy atom. The molecule has 4 nitrogen and oxygen atoms in total. The zero-order chi connectivity index (χ0) is 14.9. The molecule has 1 aromatic heterocycles. The van der Waals surface area contributed by atoms with Gasteiger partial charge >= 0.3 is 0 Å². The largest absolute Gasteiger partial charge is 0.375 e. The first-order valence-electron chi connectivity index (χ1n) is 8.45. The molecule has 0 bridgehead atoms. The van der Waals surface area contributed by atoms with Crippen molar-refractivity contribution in [2.24, 2.45) is 11.8 Å². The normalized spacial score (nSPS) is 31.9. The molecule has 3 aliphatic rings. The van der Waals surface area contributed by atoms with Gasteiger partial charge in [-0.05, 0) is 43.0 Å². The highest BCUT2D eigenvalue weighted by Gasteiger charge is 2.43. The fourth-order valence-electron chi connectivity index (χ4n) is 3.75. The second-order valence-corrected chi connectivity index (χ2v) is 7.92. The summed E-state index contributed by atoms with van der Waals surface area (Å²) in [5.41, 5.74) is 0. The molecule has 1 saturated heterocycles. The third-order valence-electron chi connectivity index (χ3n) is 5.22. The molecule has 1 amide bonds. The summed E-state index contributed by atoms with van der Waals surface area (Å²) < 4.78 is 5.95. The summed E-state index contributed by atoms with van der Waals surface area (Å²) in [5.74, 6) is 1.14. The summed E-state index contributed by atoms with van der Waals surface area (Å²) in [4.78, 5) is 16.3. The van der Waals surface area contributed by atoms with Crippen molar-refractivity contribution in [3.63, 3.8) is 0 Å². The number of carbonyl (C=O) groups excluding carboxylic acids is 1. The lowest BCUT2D eigenvalue weighted by atomic mass is 10.1. The average Bonchev–Trinajstić information content (AvgIpc) is 3.02. The van der Waals surface area contributed by atoms with Crippen molar-refractivity contribution in [1.82, 2.24) is 10.2 Å². The van der Waals surface area contributed by atoms with Crippen LogP contribution in [0.3, 0.4) is 0 Å². The third-order valence-corrected chi connectivity index (χ3v) is 6.08. The monoisotopic (exact) mass is 320 g/mol. The average molecular weight is 320 g/mol. The zero-order valence-corrected chi connectivity index (χ0v) is 13.7. The number of carbonyl (C=O) groups is 1. The molecule has 5 heteroatoms. The summed E-state index contributed by atoms with van der Waals surface area (Å²) in [5, 5.41) is 5.28. The molecule has 3 atom stereocenters. The first kappa shape index (κ1) is 14.7. The van der Waals surface area contributed by atoms with Crippen LogP contribution in [0.1, 0.15) is 30.6 Å². The van der Waals surface area contributed by atoms with Gasteiger partial charge in [0, 0.05) is 36.5 Å². The van der Waals surface area contributed by atoms with E-state index >= 15 is 0 Å². The predicted molar refractivity (Wildman–Crippen MR) is 86.7 cm³/mol. The van der Waals surface area contributed by atoms with Gasteiger partial charge in [0.15, 0.2) is 0 Å². The van der Waals surface area contributed by atoms with Crippen LogP contribution in [0.2, 0.25) is 0 Å². The number of ether oxygens (including phenoxy) is 1. The molecule has 1 aliphatic heterocycles. The molecule has 2 heterocycles. The number of hydrogen-bond donors (Lipinski definition) is 1. The quantitative estimate of drug-likeness (QED) is 0.905. The van der Waals surface area contributed by atoms with Gasteiger partial charge in [0.1, 0.15) is 0 Å². The smallest absolute Gasteiger partial charge is 0.223 e. The van der Waals surface area contributed by atoms with Crippen LogP contribution in [0.4, 0.5) is 0 Å². The fraction of sp³-hybridized carbons (Fsp3) is 0.706. The highest BCUT2D eigenvalue weighted by molar-refractivity contribution is 7.09. The van der Waals surface area contributed by atoms with Crippen molar-refractivity contribution < 1.29 is 9.53 Å². The molecule has 0 radical (unpaired) electrons. The molecular formula is C17H24N2O2S. The third kappa shape index (κ3) is 3.21. The molecule has 0 aromatic carbocycles. The predicted octanol–water partition coefficient (Wildman–Crippen LogP) is 2.25. The number of fused-ring (bicyclic) bond motifs is 1. The van der Waals surface area contributed by atoms with Crippen molar-refractivity contribution in [3.8, 4) is 0 Å². The number of rotatable bonds is 5. The fourth-order valence-corrected chi connectivity index (χ4v) is 4.48. The van der Waals surface area contributed by atoms with Crippen molar-refractivity contribution in [1.29, 1.82) is 0 Å². The van der Waals surface area contributed by atoms with E-state index in [1.54, 1.807) is 0 Å². The van der Waals surface area contributed by atoms with Gasteiger partial charge in [-0.25, -0.2) is 0 Å². The minimum absolute atomic E-state index is 0.137. The van der Waals surface area contributed by atoms with Crippen LogP contribution in [0.5, 0.6) is 0 Å². The van der Waals surface area contributed by atoms with Crippen LogP contribution in [-0.2, 0) is 16.1 Å². The molecule has 0 spiro atoms. The highest BCUT2D eigenvalue weighted by atomic mass is 32.1. The Bertz CT molecular complexity index is 515. The van der Waals surface area contributed by atoms with E-state index in [-0.39, 0.29) is 17.9 Å². The number of nitrogens with one attached hydrogen (secondary N) is 1. The summed E-state index contributed by atoms with van der Waals surface area (Å²) in [6, 6.07) is 4.72. The van der Waals surface area contributed by atoms with E-state index in [2.05, 4.69) is 27.7 Å². The summed E-state index contributed by atoms with van der Waals surface area (Å²) in [6.07, 6.45) is 4.65. The zero-order valence-electron chi connectivity index (χ0n) is 12.9. The minimum atomic E-state index is 0.137. The lowest BCUT2D eigenvalue weighted by molar-refractivity contribution is -0.125. The maximum absolute atomic E-state index is 12.4. The molecule has 120 valence electrons. The molecular weight excluding hydrogens is 296 g/mol. The van der Waals surface area contributed by atoms with E-state index in [0.717, 1.165) is 45.0 Å². The topological polar surface area (TPSA) is 41.6 Å². The van der Waals surface area contributed by atoms with Gasteiger partial charge in [-0.1, -0.05) is 6.07 Å². The lowest BCUT2D eigenvalue weighted by Gasteiger charge is -2.37. The summed E-state index contributed by atoms with van der Waals surface area (Å²) in [6.45, 7) is 3.65. The van der Waals surface area contributed by atoms with Gasteiger partial charge in [-0.3, -0.25) is 9.69 Å². The second kappa shape index (κ2) is 6.30. The number of amides is 1. The van der Waals surface area contributed by atoms with Crippen LogP contribution in [0.15, 0.2) is 17.5 Å².